The van der Waals surface area contributed by atoms with Gasteiger partial charge in [-0.25, -0.2) is 0 Å². The monoisotopic (exact) mass is 239 g/mol. The summed E-state index contributed by atoms with van der Waals surface area (Å²) in [5.41, 5.74) is 4.57. The number of carbonyl (C=O) groups is 1. The summed E-state index contributed by atoms with van der Waals surface area (Å²) in [5.74, 6) is 0.0371. The molecule has 2 aromatic carbocycles. The molecule has 2 rings (SSSR count). The lowest BCUT2D eigenvalue weighted by molar-refractivity contribution is -0.119. The van der Waals surface area contributed by atoms with E-state index in [1.165, 1.54) is 5.56 Å². The fourth-order valence-corrected chi connectivity index (χ4v) is 2.03. The molecule has 0 aliphatic carbocycles. The number of amides is 1. The molecule has 0 atom stereocenters. The first kappa shape index (κ1) is 12.4. The quantitative estimate of drug-likeness (QED) is 0.876. The highest BCUT2D eigenvalue weighted by Crippen LogP contribution is 2.24. The average Bonchev–Trinajstić information content (AvgIpc) is 2.39. The highest BCUT2D eigenvalue weighted by atomic mass is 16.1. The van der Waals surface area contributed by atoms with Gasteiger partial charge in [0.25, 0.3) is 0 Å². The molecule has 0 radical (unpaired) electrons. The smallest absolute Gasteiger partial charge is 0.224 e. The molecule has 0 aliphatic heterocycles. The van der Waals surface area contributed by atoms with E-state index in [-0.39, 0.29) is 5.91 Å². The molecule has 0 aromatic heterocycles. The van der Waals surface area contributed by atoms with E-state index < -0.39 is 0 Å². The third-order valence-corrected chi connectivity index (χ3v) is 2.98. The Morgan fingerprint density at radius 2 is 1.89 bits per heavy atom. The van der Waals surface area contributed by atoms with Crippen molar-refractivity contribution in [1.29, 1.82) is 0 Å². The van der Waals surface area contributed by atoms with Crippen molar-refractivity contribution >= 4 is 5.91 Å². The summed E-state index contributed by atoms with van der Waals surface area (Å²) in [6.07, 6.45) is 0.417. The molecular weight excluding hydrogens is 222 g/mol. The Bertz CT molecular complexity index is 561. The summed E-state index contributed by atoms with van der Waals surface area (Å²) in [6.45, 7) is 2.07. The second-order valence-electron chi connectivity index (χ2n) is 4.38. The van der Waals surface area contributed by atoms with Crippen LogP contribution in [0.3, 0.4) is 0 Å². The first-order valence-corrected chi connectivity index (χ1v) is 6.06. The zero-order chi connectivity index (χ0) is 13.0. The molecule has 2 aromatic rings. The van der Waals surface area contributed by atoms with E-state index in [1.807, 2.05) is 24.3 Å². The zero-order valence-corrected chi connectivity index (χ0v) is 10.7. The predicted molar refractivity (Wildman–Crippen MR) is 74.4 cm³/mol. The van der Waals surface area contributed by atoms with Crippen molar-refractivity contribution in [3.05, 3.63) is 59.7 Å². The van der Waals surface area contributed by atoms with Crippen LogP contribution in [-0.4, -0.2) is 13.0 Å². The maximum Gasteiger partial charge on any atom is 0.224 e. The summed E-state index contributed by atoms with van der Waals surface area (Å²) in [7, 11) is 1.66. The van der Waals surface area contributed by atoms with E-state index in [0.717, 1.165) is 16.7 Å². The molecule has 0 fully saturated rings. The predicted octanol–water partition coefficient (Wildman–Crippen LogP) is 2.95. The molecule has 0 aliphatic rings. The van der Waals surface area contributed by atoms with Crippen LogP contribution in [0.5, 0.6) is 0 Å². The lowest BCUT2D eigenvalue weighted by Gasteiger charge is -2.09. The number of rotatable bonds is 3. The van der Waals surface area contributed by atoms with Gasteiger partial charge in [-0.1, -0.05) is 54.1 Å². The Morgan fingerprint density at radius 3 is 2.61 bits per heavy atom. The second kappa shape index (κ2) is 5.50. The van der Waals surface area contributed by atoms with Crippen LogP contribution in [0.2, 0.25) is 0 Å². The van der Waals surface area contributed by atoms with Gasteiger partial charge in [0.1, 0.15) is 0 Å². The normalized spacial score (nSPS) is 10.1. The number of hydrogen-bond donors (Lipinski definition) is 1. The first-order valence-electron chi connectivity index (χ1n) is 6.06. The summed E-state index contributed by atoms with van der Waals surface area (Å²) in [4.78, 5) is 11.5. The summed E-state index contributed by atoms with van der Waals surface area (Å²) in [6, 6.07) is 16.4. The third kappa shape index (κ3) is 2.77. The zero-order valence-electron chi connectivity index (χ0n) is 10.7. The van der Waals surface area contributed by atoms with Crippen LogP contribution in [-0.2, 0) is 11.2 Å². The van der Waals surface area contributed by atoms with Gasteiger partial charge in [-0.2, -0.15) is 0 Å². The van der Waals surface area contributed by atoms with Crippen molar-refractivity contribution in [3.8, 4) is 11.1 Å². The van der Waals surface area contributed by atoms with Gasteiger partial charge in [-0.15, -0.1) is 0 Å². The summed E-state index contributed by atoms with van der Waals surface area (Å²) < 4.78 is 0. The maximum absolute atomic E-state index is 11.5. The van der Waals surface area contributed by atoms with Crippen molar-refractivity contribution in [2.75, 3.05) is 7.05 Å². The third-order valence-electron chi connectivity index (χ3n) is 2.98. The molecule has 1 amide bonds. The largest absolute Gasteiger partial charge is 0.359 e. The Morgan fingerprint density at radius 1 is 1.11 bits per heavy atom. The van der Waals surface area contributed by atoms with Crippen molar-refractivity contribution in [3.63, 3.8) is 0 Å². The molecule has 92 valence electrons. The molecule has 0 unspecified atom stereocenters. The fourth-order valence-electron chi connectivity index (χ4n) is 2.03. The van der Waals surface area contributed by atoms with Gasteiger partial charge in [-0.3, -0.25) is 4.79 Å². The van der Waals surface area contributed by atoms with E-state index >= 15 is 0 Å². The van der Waals surface area contributed by atoms with Crippen molar-refractivity contribution in [2.45, 2.75) is 13.3 Å². The minimum atomic E-state index is 0.0371. The molecule has 0 saturated carbocycles. The lowest BCUT2D eigenvalue weighted by Crippen LogP contribution is -2.20. The van der Waals surface area contributed by atoms with Crippen molar-refractivity contribution in [1.82, 2.24) is 5.32 Å². The molecule has 2 heteroatoms. The summed E-state index contributed by atoms with van der Waals surface area (Å²) >= 11 is 0. The molecule has 0 spiro atoms. The van der Waals surface area contributed by atoms with E-state index in [0.29, 0.717) is 6.42 Å². The molecular formula is C16H17NO. The van der Waals surface area contributed by atoms with Crippen LogP contribution in [0.15, 0.2) is 48.5 Å². The van der Waals surface area contributed by atoms with Gasteiger partial charge in [0.05, 0.1) is 6.42 Å². The summed E-state index contributed by atoms with van der Waals surface area (Å²) in [5, 5.41) is 2.66. The first-order chi connectivity index (χ1) is 8.70. The Kier molecular flexibility index (Phi) is 3.78. The van der Waals surface area contributed by atoms with Crippen LogP contribution >= 0.6 is 0 Å². The second-order valence-corrected chi connectivity index (χ2v) is 4.38. The number of aryl methyl sites for hydroxylation is 1. The van der Waals surface area contributed by atoms with Crippen molar-refractivity contribution in [2.24, 2.45) is 0 Å². The van der Waals surface area contributed by atoms with Crippen molar-refractivity contribution < 1.29 is 4.79 Å². The average molecular weight is 239 g/mol. The molecule has 0 bridgehead atoms. The standard InChI is InChI=1S/C16H17NO/c1-12-6-5-8-13(10-12)15-9-4-3-7-14(15)11-16(18)17-2/h3-10H,11H2,1-2H3,(H,17,18). The molecule has 18 heavy (non-hydrogen) atoms. The van der Waals surface area contributed by atoms with Gasteiger partial charge < -0.3 is 5.32 Å². The number of likely N-dealkylation sites (N-methyl/N-ethyl adjacent to an activating group) is 1. The Hall–Kier alpha value is -2.09. The van der Waals surface area contributed by atoms with Gasteiger partial charge in [0.2, 0.25) is 5.91 Å². The minimum Gasteiger partial charge on any atom is -0.359 e. The number of benzene rings is 2. The SMILES string of the molecule is CNC(=O)Cc1ccccc1-c1cccc(C)c1. The Balaban J connectivity index is 2.41. The number of carbonyl (C=O) groups excluding carboxylic acids is 1. The van der Waals surface area contributed by atoms with Crippen LogP contribution in [0.1, 0.15) is 11.1 Å². The van der Waals surface area contributed by atoms with Gasteiger partial charge in [0, 0.05) is 7.05 Å². The highest BCUT2D eigenvalue weighted by molar-refractivity contribution is 5.81. The number of hydrogen-bond acceptors (Lipinski definition) is 1. The maximum atomic E-state index is 11.5. The van der Waals surface area contributed by atoms with E-state index in [4.69, 9.17) is 0 Å². The van der Waals surface area contributed by atoms with Crippen LogP contribution in [0.4, 0.5) is 0 Å². The Labute approximate surface area is 108 Å². The minimum absolute atomic E-state index is 0.0371. The molecule has 1 N–H and O–H groups in total. The van der Waals surface area contributed by atoms with Crippen LogP contribution < -0.4 is 5.32 Å². The van der Waals surface area contributed by atoms with Gasteiger partial charge >= 0.3 is 0 Å². The number of nitrogens with one attached hydrogen (secondary N) is 1. The van der Waals surface area contributed by atoms with Gasteiger partial charge in [-0.05, 0) is 23.6 Å². The fraction of sp³-hybridized carbons (Fsp3) is 0.188. The lowest BCUT2D eigenvalue weighted by atomic mass is 9.96. The van der Waals surface area contributed by atoms with E-state index in [1.54, 1.807) is 7.05 Å². The van der Waals surface area contributed by atoms with Crippen LogP contribution in [0.25, 0.3) is 11.1 Å². The topological polar surface area (TPSA) is 29.1 Å². The van der Waals surface area contributed by atoms with E-state index in [9.17, 15) is 4.79 Å². The van der Waals surface area contributed by atoms with E-state index in [2.05, 4.69) is 36.5 Å². The highest BCUT2D eigenvalue weighted by Gasteiger charge is 2.07. The molecule has 0 heterocycles. The molecule has 0 saturated heterocycles. The van der Waals surface area contributed by atoms with Crippen LogP contribution in [0, 0.1) is 6.92 Å². The molecule has 2 nitrogen and oxygen atoms in total. The van der Waals surface area contributed by atoms with Gasteiger partial charge in [0.15, 0.2) is 0 Å².